The molecular weight excluding hydrogens is 202 g/mol. The van der Waals surface area contributed by atoms with Crippen LogP contribution in [0.2, 0.25) is 0 Å². The Morgan fingerprint density at radius 3 is 2.69 bits per heavy atom. The SMILES string of the molecule is CCC(=O)c1ccc(N)c(OC(C)CC)c1. The molecule has 1 rings (SSSR count). The second-order valence-electron chi connectivity index (χ2n) is 3.87. The van der Waals surface area contributed by atoms with Gasteiger partial charge in [0.1, 0.15) is 5.75 Å². The van der Waals surface area contributed by atoms with Crippen molar-refractivity contribution < 1.29 is 9.53 Å². The van der Waals surface area contributed by atoms with Crippen LogP contribution in [-0.4, -0.2) is 11.9 Å². The smallest absolute Gasteiger partial charge is 0.162 e. The third-order valence-electron chi connectivity index (χ3n) is 2.56. The van der Waals surface area contributed by atoms with Gasteiger partial charge in [-0.05, 0) is 31.5 Å². The topological polar surface area (TPSA) is 52.3 Å². The molecule has 0 bridgehead atoms. The van der Waals surface area contributed by atoms with E-state index in [-0.39, 0.29) is 11.9 Å². The molecule has 0 radical (unpaired) electrons. The Hall–Kier alpha value is -1.51. The average Bonchev–Trinajstić information content (AvgIpc) is 2.30. The molecule has 1 aromatic carbocycles. The van der Waals surface area contributed by atoms with Gasteiger partial charge in [-0.3, -0.25) is 4.79 Å². The Morgan fingerprint density at radius 2 is 2.12 bits per heavy atom. The minimum absolute atomic E-state index is 0.106. The lowest BCUT2D eigenvalue weighted by Crippen LogP contribution is -2.11. The minimum Gasteiger partial charge on any atom is -0.489 e. The molecule has 2 N–H and O–H groups in total. The van der Waals surface area contributed by atoms with E-state index in [1.54, 1.807) is 18.2 Å². The van der Waals surface area contributed by atoms with E-state index in [4.69, 9.17) is 10.5 Å². The quantitative estimate of drug-likeness (QED) is 0.614. The van der Waals surface area contributed by atoms with Gasteiger partial charge < -0.3 is 10.5 Å². The fourth-order valence-electron chi connectivity index (χ4n) is 1.31. The second-order valence-corrected chi connectivity index (χ2v) is 3.87. The predicted octanol–water partition coefficient (Wildman–Crippen LogP) is 3.04. The summed E-state index contributed by atoms with van der Waals surface area (Å²) in [5.41, 5.74) is 7.04. The fourth-order valence-corrected chi connectivity index (χ4v) is 1.31. The third kappa shape index (κ3) is 2.99. The molecule has 0 heterocycles. The highest BCUT2D eigenvalue weighted by molar-refractivity contribution is 5.96. The van der Waals surface area contributed by atoms with Crippen LogP contribution in [0, 0.1) is 0 Å². The molecule has 0 amide bonds. The molecule has 16 heavy (non-hydrogen) atoms. The van der Waals surface area contributed by atoms with Gasteiger partial charge in [-0.1, -0.05) is 13.8 Å². The van der Waals surface area contributed by atoms with Crippen LogP contribution in [-0.2, 0) is 0 Å². The number of carbonyl (C=O) groups excluding carboxylic acids is 1. The Balaban J connectivity index is 2.94. The molecule has 1 unspecified atom stereocenters. The number of nitrogens with two attached hydrogens (primary N) is 1. The van der Waals surface area contributed by atoms with Crippen molar-refractivity contribution >= 4 is 11.5 Å². The standard InChI is InChI=1S/C13H19NO2/c1-4-9(3)16-13-8-10(12(15)5-2)6-7-11(13)14/h6-9H,4-5,14H2,1-3H3. The van der Waals surface area contributed by atoms with Crippen molar-refractivity contribution in [1.82, 2.24) is 0 Å². The maximum absolute atomic E-state index is 11.5. The Bertz CT molecular complexity index is 374. The highest BCUT2D eigenvalue weighted by Crippen LogP contribution is 2.25. The number of rotatable bonds is 5. The first-order chi connectivity index (χ1) is 7.58. The Labute approximate surface area is 96.6 Å². The zero-order valence-electron chi connectivity index (χ0n) is 10.1. The van der Waals surface area contributed by atoms with E-state index >= 15 is 0 Å². The fraction of sp³-hybridized carbons (Fsp3) is 0.462. The molecule has 0 aliphatic heterocycles. The van der Waals surface area contributed by atoms with Crippen LogP contribution in [0.5, 0.6) is 5.75 Å². The number of Topliss-reactive ketones (excluding diaryl/α,β-unsaturated/α-hetero) is 1. The molecule has 0 saturated heterocycles. The number of hydrogen-bond donors (Lipinski definition) is 1. The lowest BCUT2D eigenvalue weighted by Gasteiger charge is -2.15. The van der Waals surface area contributed by atoms with Crippen LogP contribution in [0.4, 0.5) is 5.69 Å². The average molecular weight is 221 g/mol. The van der Waals surface area contributed by atoms with Gasteiger partial charge >= 0.3 is 0 Å². The third-order valence-corrected chi connectivity index (χ3v) is 2.56. The summed E-state index contributed by atoms with van der Waals surface area (Å²) in [5.74, 6) is 0.711. The van der Waals surface area contributed by atoms with Crippen LogP contribution in [0.15, 0.2) is 18.2 Å². The molecule has 88 valence electrons. The van der Waals surface area contributed by atoms with E-state index < -0.39 is 0 Å². The maximum Gasteiger partial charge on any atom is 0.162 e. The summed E-state index contributed by atoms with van der Waals surface area (Å²) in [6.07, 6.45) is 1.51. The van der Waals surface area contributed by atoms with Crippen LogP contribution in [0.1, 0.15) is 44.0 Å². The number of nitrogen functional groups attached to an aromatic ring is 1. The molecule has 0 spiro atoms. The lowest BCUT2D eigenvalue weighted by molar-refractivity contribution is 0.0987. The zero-order valence-corrected chi connectivity index (χ0v) is 10.1. The predicted molar refractivity (Wildman–Crippen MR) is 65.9 cm³/mol. The highest BCUT2D eigenvalue weighted by Gasteiger charge is 2.09. The summed E-state index contributed by atoms with van der Waals surface area (Å²) in [5, 5.41) is 0. The van der Waals surface area contributed by atoms with Crippen molar-refractivity contribution in [2.75, 3.05) is 5.73 Å². The molecule has 3 nitrogen and oxygen atoms in total. The van der Waals surface area contributed by atoms with E-state index in [0.717, 1.165) is 6.42 Å². The summed E-state index contributed by atoms with van der Waals surface area (Å²) in [6, 6.07) is 5.19. The van der Waals surface area contributed by atoms with Crippen molar-refractivity contribution in [1.29, 1.82) is 0 Å². The summed E-state index contributed by atoms with van der Waals surface area (Å²) in [7, 11) is 0. The van der Waals surface area contributed by atoms with Crippen LogP contribution in [0.3, 0.4) is 0 Å². The number of anilines is 1. The van der Waals surface area contributed by atoms with E-state index in [9.17, 15) is 4.79 Å². The van der Waals surface area contributed by atoms with E-state index in [1.807, 2.05) is 20.8 Å². The number of hydrogen-bond acceptors (Lipinski definition) is 3. The van der Waals surface area contributed by atoms with Crippen molar-refractivity contribution in [3.05, 3.63) is 23.8 Å². The van der Waals surface area contributed by atoms with Gasteiger partial charge in [0, 0.05) is 12.0 Å². The molecule has 1 aromatic rings. The van der Waals surface area contributed by atoms with E-state index in [1.165, 1.54) is 0 Å². The Kier molecular flexibility index (Phi) is 4.35. The van der Waals surface area contributed by atoms with Crippen LogP contribution >= 0.6 is 0 Å². The van der Waals surface area contributed by atoms with Crippen molar-refractivity contribution in [2.24, 2.45) is 0 Å². The normalized spacial score (nSPS) is 12.2. The lowest BCUT2D eigenvalue weighted by atomic mass is 10.1. The summed E-state index contributed by atoms with van der Waals surface area (Å²) >= 11 is 0. The Morgan fingerprint density at radius 1 is 1.44 bits per heavy atom. The molecule has 1 atom stereocenters. The number of benzene rings is 1. The largest absolute Gasteiger partial charge is 0.489 e. The zero-order chi connectivity index (χ0) is 12.1. The first-order valence-corrected chi connectivity index (χ1v) is 5.67. The van der Waals surface area contributed by atoms with Crippen molar-refractivity contribution in [3.8, 4) is 5.75 Å². The van der Waals surface area contributed by atoms with Gasteiger partial charge in [-0.25, -0.2) is 0 Å². The maximum atomic E-state index is 11.5. The van der Waals surface area contributed by atoms with Gasteiger partial charge in [-0.15, -0.1) is 0 Å². The summed E-state index contributed by atoms with van der Waals surface area (Å²) in [6.45, 7) is 5.86. The minimum atomic E-state index is 0.106. The van der Waals surface area contributed by atoms with Crippen LogP contribution < -0.4 is 10.5 Å². The second kappa shape index (κ2) is 5.54. The number of ether oxygens (including phenoxy) is 1. The molecule has 0 aliphatic carbocycles. The molecular formula is C13H19NO2. The van der Waals surface area contributed by atoms with Gasteiger partial charge in [0.2, 0.25) is 0 Å². The van der Waals surface area contributed by atoms with Crippen molar-refractivity contribution in [3.63, 3.8) is 0 Å². The molecule has 0 fully saturated rings. The van der Waals surface area contributed by atoms with Gasteiger partial charge in [-0.2, -0.15) is 0 Å². The first-order valence-electron chi connectivity index (χ1n) is 5.67. The molecule has 3 heteroatoms. The first kappa shape index (κ1) is 12.6. The highest BCUT2D eigenvalue weighted by atomic mass is 16.5. The summed E-state index contributed by atoms with van der Waals surface area (Å²) in [4.78, 5) is 11.5. The van der Waals surface area contributed by atoms with Crippen LogP contribution in [0.25, 0.3) is 0 Å². The molecule has 0 saturated carbocycles. The van der Waals surface area contributed by atoms with E-state index in [2.05, 4.69) is 0 Å². The van der Waals surface area contributed by atoms with Gasteiger partial charge in [0.15, 0.2) is 5.78 Å². The summed E-state index contributed by atoms with van der Waals surface area (Å²) < 4.78 is 5.65. The van der Waals surface area contributed by atoms with Gasteiger partial charge in [0.05, 0.1) is 11.8 Å². The molecule has 0 aliphatic rings. The molecule has 0 aromatic heterocycles. The number of carbonyl (C=O) groups is 1. The van der Waals surface area contributed by atoms with E-state index in [0.29, 0.717) is 23.4 Å². The van der Waals surface area contributed by atoms with Crippen molar-refractivity contribution in [2.45, 2.75) is 39.7 Å². The monoisotopic (exact) mass is 221 g/mol. The number of ketones is 1. The van der Waals surface area contributed by atoms with Gasteiger partial charge in [0.25, 0.3) is 0 Å².